The summed E-state index contributed by atoms with van der Waals surface area (Å²) in [7, 11) is 0. The van der Waals surface area contributed by atoms with E-state index in [9.17, 15) is 9.59 Å². The summed E-state index contributed by atoms with van der Waals surface area (Å²) in [6.45, 7) is 3.36. The van der Waals surface area contributed by atoms with E-state index in [1.54, 1.807) is 35.0 Å². The number of aryl methyl sites for hydroxylation is 1. The lowest BCUT2D eigenvalue weighted by Gasteiger charge is -2.07. The highest BCUT2D eigenvalue weighted by Crippen LogP contribution is 2.27. The van der Waals surface area contributed by atoms with Crippen LogP contribution in [0.15, 0.2) is 54.6 Å². The third kappa shape index (κ3) is 3.37. The Bertz CT molecular complexity index is 1130. The SMILES string of the molecule is CC(=O)c1ccc(C(=O)Nc2cc(C)nn2-c2nc3ccccc3s2)cc1. The summed E-state index contributed by atoms with van der Waals surface area (Å²) in [5.74, 6) is 0.242. The number of nitrogens with one attached hydrogen (secondary N) is 1. The summed E-state index contributed by atoms with van der Waals surface area (Å²) in [5, 5.41) is 8.03. The predicted octanol–water partition coefficient (Wildman–Crippen LogP) is 4.25. The molecule has 2 heterocycles. The average molecular weight is 376 g/mol. The fraction of sp³-hybridized carbons (Fsp3) is 0.100. The molecule has 6 nitrogen and oxygen atoms in total. The van der Waals surface area contributed by atoms with Crippen LogP contribution in [0.2, 0.25) is 0 Å². The van der Waals surface area contributed by atoms with Crippen molar-refractivity contribution >= 4 is 39.1 Å². The highest BCUT2D eigenvalue weighted by molar-refractivity contribution is 7.20. The van der Waals surface area contributed by atoms with Crippen molar-refractivity contribution in [2.24, 2.45) is 0 Å². The van der Waals surface area contributed by atoms with Crippen LogP contribution in [0.4, 0.5) is 5.82 Å². The molecular formula is C20H16N4O2S. The highest BCUT2D eigenvalue weighted by atomic mass is 32.1. The van der Waals surface area contributed by atoms with Crippen molar-refractivity contribution in [3.8, 4) is 5.13 Å². The van der Waals surface area contributed by atoms with Gasteiger partial charge < -0.3 is 5.32 Å². The fourth-order valence-corrected chi connectivity index (χ4v) is 3.66. The van der Waals surface area contributed by atoms with Crippen LogP contribution in [-0.4, -0.2) is 26.5 Å². The molecule has 7 heteroatoms. The minimum Gasteiger partial charge on any atom is -0.306 e. The van der Waals surface area contributed by atoms with Gasteiger partial charge in [-0.15, -0.1) is 0 Å². The van der Waals surface area contributed by atoms with Gasteiger partial charge >= 0.3 is 0 Å². The fourth-order valence-electron chi connectivity index (χ4n) is 2.73. The first-order valence-corrected chi connectivity index (χ1v) is 9.18. The van der Waals surface area contributed by atoms with Crippen LogP contribution in [0, 0.1) is 6.92 Å². The zero-order valence-corrected chi connectivity index (χ0v) is 15.6. The molecule has 0 bridgehead atoms. The molecule has 134 valence electrons. The molecule has 0 radical (unpaired) electrons. The number of anilines is 1. The van der Waals surface area contributed by atoms with Crippen LogP contribution < -0.4 is 5.32 Å². The van der Waals surface area contributed by atoms with E-state index in [0.29, 0.717) is 22.1 Å². The number of rotatable bonds is 4. The van der Waals surface area contributed by atoms with Gasteiger partial charge in [0.1, 0.15) is 5.82 Å². The van der Waals surface area contributed by atoms with Gasteiger partial charge in [-0.1, -0.05) is 35.6 Å². The maximum absolute atomic E-state index is 12.6. The van der Waals surface area contributed by atoms with Crippen molar-refractivity contribution in [2.75, 3.05) is 5.32 Å². The van der Waals surface area contributed by atoms with Crippen molar-refractivity contribution < 1.29 is 9.59 Å². The van der Waals surface area contributed by atoms with Gasteiger partial charge in [-0.05, 0) is 38.1 Å². The first-order chi connectivity index (χ1) is 13.0. The molecule has 0 aliphatic heterocycles. The minimum atomic E-state index is -0.271. The number of Topliss-reactive ketones (excluding diaryl/α,β-unsaturated/α-hetero) is 1. The van der Waals surface area contributed by atoms with E-state index < -0.39 is 0 Å². The summed E-state index contributed by atoms with van der Waals surface area (Å²) in [5.41, 5.74) is 2.70. The Labute approximate surface area is 159 Å². The van der Waals surface area contributed by atoms with Gasteiger partial charge in [0, 0.05) is 17.2 Å². The van der Waals surface area contributed by atoms with Gasteiger partial charge in [0.05, 0.1) is 15.9 Å². The van der Waals surface area contributed by atoms with E-state index >= 15 is 0 Å². The number of hydrogen-bond donors (Lipinski definition) is 1. The quantitative estimate of drug-likeness (QED) is 0.540. The number of amides is 1. The largest absolute Gasteiger partial charge is 0.306 e. The smallest absolute Gasteiger partial charge is 0.256 e. The summed E-state index contributed by atoms with van der Waals surface area (Å²) in [6, 6.07) is 16.2. The number of benzene rings is 2. The molecule has 0 atom stereocenters. The molecule has 1 N–H and O–H groups in total. The highest BCUT2D eigenvalue weighted by Gasteiger charge is 2.15. The Balaban J connectivity index is 1.64. The third-order valence-electron chi connectivity index (χ3n) is 4.09. The predicted molar refractivity (Wildman–Crippen MR) is 106 cm³/mol. The molecule has 0 aliphatic carbocycles. The number of para-hydroxylation sites is 1. The van der Waals surface area contributed by atoms with E-state index in [1.165, 1.54) is 18.3 Å². The number of carbonyl (C=O) groups is 2. The second-order valence-corrected chi connectivity index (χ2v) is 7.14. The molecule has 0 saturated heterocycles. The second kappa shape index (κ2) is 6.77. The zero-order chi connectivity index (χ0) is 19.0. The van der Waals surface area contributed by atoms with Crippen LogP contribution >= 0.6 is 11.3 Å². The molecule has 2 aromatic carbocycles. The Morgan fingerprint density at radius 2 is 1.74 bits per heavy atom. The van der Waals surface area contributed by atoms with Gasteiger partial charge in [0.25, 0.3) is 5.91 Å². The van der Waals surface area contributed by atoms with Gasteiger partial charge in [-0.25, -0.2) is 4.98 Å². The number of ketones is 1. The normalized spacial score (nSPS) is 10.9. The van der Waals surface area contributed by atoms with Crippen LogP contribution in [-0.2, 0) is 0 Å². The summed E-state index contributed by atoms with van der Waals surface area (Å²) in [4.78, 5) is 28.6. The van der Waals surface area contributed by atoms with Crippen LogP contribution in [0.1, 0.15) is 33.3 Å². The first-order valence-electron chi connectivity index (χ1n) is 8.36. The van der Waals surface area contributed by atoms with Gasteiger partial charge in [-0.2, -0.15) is 9.78 Å². The van der Waals surface area contributed by atoms with Gasteiger partial charge in [0.15, 0.2) is 5.78 Å². The zero-order valence-electron chi connectivity index (χ0n) is 14.8. The maximum Gasteiger partial charge on any atom is 0.256 e. The summed E-state index contributed by atoms with van der Waals surface area (Å²) < 4.78 is 2.69. The van der Waals surface area contributed by atoms with Crippen molar-refractivity contribution in [3.63, 3.8) is 0 Å². The van der Waals surface area contributed by atoms with E-state index in [2.05, 4.69) is 15.4 Å². The molecule has 2 aromatic heterocycles. The van der Waals surface area contributed by atoms with E-state index in [-0.39, 0.29) is 11.7 Å². The molecule has 1 amide bonds. The van der Waals surface area contributed by atoms with Crippen molar-refractivity contribution in [1.82, 2.24) is 14.8 Å². The minimum absolute atomic E-state index is 0.0357. The Hall–Kier alpha value is -3.32. The van der Waals surface area contributed by atoms with E-state index in [4.69, 9.17) is 0 Å². The molecule has 4 aromatic rings. The molecule has 4 rings (SSSR count). The standard InChI is InChI=1S/C20H16N4O2S/c1-12-11-18(22-19(26)15-9-7-14(8-10-15)13(2)25)24(23-12)20-21-16-5-3-4-6-17(16)27-20/h3-11H,1-2H3,(H,22,26). The van der Waals surface area contributed by atoms with Crippen LogP contribution in [0.5, 0.6) is 0 Å². The molecule has 0 fully saturated rings. The maximum atomic E-state index is 12.6. The van der Waals surface area contributed by atoms with Gasteiger partial charge in [-0.3, -0.25) is 9.59 Å². The topological polar surface area (TPSA) is 76.9 Å². The van der Waals surface area contributed by atoms with Crippen LogP contribution in [0.3, 0.4) is 0 Å². The summed E-state index contributed by atoms with van der Waals surface area (Å²) in [6.07, 6.45) is 0. The third-order valence-corrected chi connectivity index (χ3v) is 5.10. The van der Waals surface area contributed by atoms with E-state index in [1.807, 2.05) is 31.2 Å². The monoisotopic (exact) mass is 376 g/mol. The molecule has 27 heavy (non-hydrogen) atoms. The van der Waals surface area contributed by atoms with Crippen LogP contribution in [0.25, 0.3) is 15.3 Å². The Morgan fingerprint density at radius 1 is 1.04 bits per heavy atom. The lowest BCUT2D eigenvalue weighted by atomic mass is 10.1. The number of aromatic nitrogens is 3. The molecule has 0 spiro atoms. The second-order valence-electron chi connectivity index (χ2n) is 6.13. The Morgan fingerprint density at radius 3 is 2.44 bits per heavy atom. The van der Waals surface area contributed by atoms with Crippen molar-refractivity contribution in [1.29, 1.82) is 0 Å². The number of carbonyl (C=O) groups excluding carboxylic acids is 2. The molecule has 0 unspecified atom stereocenters. The average Bonchev–Trinajstić information content (AvgIpc) is 3.24. The molecule has 0 saturated carbocycles. The van der Waals surface area contributed by atoms with Crippen molar-refractivity contribution in [3.05, 3.63) is 71.4 Å². The first kappa shape index (κ1) is 17.1. The number of fused-ring (bicyclic) bond motifs is 1. The van der Waals surface area contributed by atoms with E-state index in [0.717, 1.165) is 15.9 Å². The lowest BCUT2D eigenvalue weighted by Crippen LogP contribution is -2.15. The number of nitrogens with zero attached hydrogens (tertiary/aromatic N) is 3. The summed E-state index contributed by atoms with van der Waals surface area (Å²) >= 11 is 1.51. The van der Waals surface area contributed by atoms with Gasteiger partial charge in [0.2, 0.25) is 5.13 Å². The molecular weight excluding hydrogens is 360 g/mol. The van der Waals surface area contributed by atoms with Crippen molar-refractivity contribution in [2.45, 2.75) is 13.8 Å². The number of hydrogen-bond acceptors (Lipinski definition) is 5. The molecule has 0 aliphatic rings. The Kier molecular flexibility index (Phi) is 4.29. The lowest BCUT2D eigenvalue weighted by molar-refractivity contribution is 0.100. The number of thiazole rings is 1.